The molecule has 140 valence electrons. The van der Waals surface area contributed by atoms with E-state index in [2.05, 4.69) is 53.4 Å². The molecule has 5 heteroatoms. The van der Waals surface area contributed by atoms with Crippen molar-refractivity contribution >= 4 is 5.91 Å². The SMILES string of the molecule is CCc1ccc(C2CNCCN2C(=O)CCc2c(C)nn(C)c2C)cc1. The first-order valence-corrected chi connectivity index (χ1v) is 9.59. The number of hydrogen-bond acceptors (Lipinski definition) is 3. The van der Waals surface area contributed by atoms with E-state index < -0.39 is 0 Å². The zero-order valence-corrected chi connectivity index (χ0v) is 16.4. The van der Waals surface area contributed by atoms with Crippen LogP contribution in [0, 0.1) is 13.8 Å². The van der Waals surface area contributed by atoms with Gasteiger partial charge in [0.05, 0.1) is 11.7 Å². The second-order valence-corrected chi connectivity index (χ2v) is 7.18. The third-order valence-corrected chi connectivity index (χ3v) is 5.58. The van der Waals surface area contributed by atoms with Crippen LogP contribution in [0.3, 0.4) is 0 Å². The lowest BCUT2D eigenvalue weighted by Gasteiger charge is -2.36. The number of amides is 1. The number of aryl methyl sites for hydroxylation is 3. The number of nitrogens with zero attached hydrogens (tertiary/aromatic N) is 3. The molecule has 1 amide bonds. The van der Waals surface area contributed by atoms with E-state index in [1.54, 1.807) is 0 Å². The highest BCUT2D eigenvalue weighted by Crippen LogP contribution is 2.24. The summed E-state index contributed by atoms with van der Waals surface area (Å²) in [5.74, 6) is 0.235. The summed E-state index contributed by atoms with van der Waals surface area (Å²) in [4.78, 5) is 15.0. The van der Waals surface area contributed by atoms with E-state index in [-0.39, 0.29) is 11.9 Å². The van der Waals surface area contributed by atoms with Crippen LogP contribution in [0.1, 0.15) is 47.5 Å². The van der Waals surface area contributed by atoms with E-state index in [9.17, 15) is 4.79 Å². The number of aromatic nitrogens is 2. The predicted molar refractivity (Wildman–Crippen MR) is 104 cm³/mol. The summed E-state index contributed by atoms with van der Waals surface area (Å²) < 4.78 is 1.90. The van der Waals surface area contributed by atoms with Crippen molar-refractivity contribution in [2.24, 2.45) is 7.05 Å². The minimum atomic E-state index is 0.123. The molecule has 1 atom stereocenters. The highest BCUT2D eigenvalue weighted by atomic mass is 16.2. The van der Waals surface area contributed by atoms with Crippen molar-refractivity contribution in [3.8, 4) is 0 Å². The van der Waals surface area contributed by atoms with Crippen molar-refractivity contribution in [3.05, 3.63) is 52.3 Å². The van der Waals surface area contributed by atoms with Gasteiger partial charge in [0, 0.05) is 38.8 Å². The molecule has 0 radical (unpaired) electrons. The number of piperazine rings is 1. The van der Waals surface area contributed by atoms with Gasteiger partial charge in [-0.3, -0.25) is 9.48 Å². The largest absolute Gasteiger partial charge is 0.333 e. The number of rotatable bonds is 5. The monoisotopic (exact) mass is 354 g/mol. The minimum absolute atomic E-state index is 0.123. The summed E-state index contributed by atoms with van der Waals surface area (Å²) in [6.07, 6.45) is 2.34. The number of carbonyl (C=O) groups excluding carboxylic acids is 1. The molecule has 0 aliphatic carbocycles. The summed E-state index contributed by atoms with van der Waals surface area (Å²) >= 11 is 0. The van der Waals surface area contributed by atoms with Gasteiger partial charge in [-0.05, 0) is 43.4 Å². The molecule has 26 heavy (non-hydrogen) atoms. The average Bonchev–Trinajstić information content (AvgIpc) is 2.91. The van der Waals surface area contributed by atoms with Gasteiger partial charge in [0.15, 0.2) is 0 Å². The maximum atomic E-state index is 13.0. The molecule has 0 bridgehead atoms. The smallest absolute Gasteiger partial charge is 0.223 e. The molecule has 1 N–H and O–H groups in total. The first-order valence-electron chi connectivity index (χ1n) is 9.59. The standard InChI is InChI=1S/C21H30N4O/c1-5-17-6-8-18(9-7-17)20-14-22-12-13-25(20)21(26)11-10-19-15(2)23-24(4)16(19)3/h6-9,20,22H,5,10-14H2,1-4H3. The number of benzene rings is 1. The molecule has 3 rings (SSSR count). The number of hydrogen-bond donors (Lipinski definition) is 1. The van der Waals surface area contributed by atoms with Gasteiger partial charge >= 0.3 is 0 Å². The number of carbonyl (C=O) groups is 1. The maximum Gasteiger partial charge on any atom is 0.223 e. The molecule has 2 aromatic rings. The zero-order chi connectivity index (χ0) is 18.7. The average molecular weight is 354 g/mol. The number of nitrogens with one attached hydrogen (secondary N) is 1. The van der Waals surface area contributed by atoms with Crippen molar-refractivity contribution in [2.45, 2.75) is 46.1 Å². The second-order valence-electron chi connectivity index (χ2n) is 7.18. The Morgan fingerprint density at radius 1 is 1.27 bits per heavy atom. The Balaban J connectivity index is 1.71. The highest BCUT2D eigenvalue weighted by Gasteiger charge is 2.27. The van der Waals surface area contributed by atoms with Gasteiger partial charge in [-0.1, -0.05) is 31.2 Å². The quantitative estimate of drug-likeness (QED) is 0.898. The van der Waals surface area contributed by atoms with Crippen LogP contribution < -0.4 is 5.32 Å². The lowest BCUT2D eigenvalue weighted by molar-refractivity contribution is -0.134. The Morgan fingerprint density at radius 3 is 2.62 bits per heavy atom. The maximum absolute atomic E-state index is 13.0. The van der Waals surface area contributed by atoms with E-state index in [0.717, 1.165) is 43.9 Å². The second kappa shape index (κ2) is 8.04. The van der Waals surface area contributed by atoms with Gasteiger partial charge in [0.1, 0.15) is 0 Å². The summed E-state index contributed by atoms with van der Waals surface area (Å²) in [7, 11) is 1.96. The fourth-order valence-electron chi connectivity index (χ4n) is 3.83. The Hall–Kier alpha value is -2.14. The van der Waals surface area contributed by atoms with Gasteiger partial charge in [-0.2, -0.15) is 5.10 Å². The first-order chi connectivity index (χ1) is 12.5. The van der Waals surface area contributed by atoms with Crippen molar-refractivity contribution < 1.29 is 4.79 Å². The van der Waals surface area contributed by atoms with Crippen molar-refractivity contribution in [1.82, 2.24) is 20.0 Å². The lowest BCUT2D eigenvalue weighted by Crippen LogP contribution is -2.48. The molecule has 1 aliphatic rings. The molecule has 1 aliphatic heterocycles. The van der Waals surface area contributed by atoms with Gasteiger partial charge < -0.3 is 10.2 Å². The molecule has 1 aromatic carbocycles. The van der Waals surface area contributed by atoms with Crippen LogP contribution in [-0.4, -0.2) is 40.2 Å². The first kappa shape index (κ1) is 18.6. The molecular formula is C21H30N4O. The van der Waals surface area contributed by atoms with Gasteiger partial charge in [0.2, 0.25) is 5.91 Å². The van der Waals surface area contributed by atoms with E-state index in [1.807, 2.05) is 18.7 Å². The van der Waals surface area contributed by atoms with Gasteiger partial charge in [-0.25, -0.2) is 0 Å². The molecule has 1 saturated heterocycles. The molecule has 0 spiro atoms. The van der Waals surface area contributed by atoms with Crippen LogP contribution >= 0.6 is 0 Å². The Morgan fingerprint density at radius 2 is 2.00 bits per heavy atom. The van der Waals surface area contributed by atoms with Crippen LogP contribution in [0.4, 0.5) is 0 Å². The normalized spacial score (nSPS) is 17.5. The minimum Gasteiger partial charge on any atom is -0.333 e. The summed E-state index contributed by atoms with van der Waals surface area (Å²) in [6, 6.07) is 8.82. The lowest BCUT2D eigenvalue weighted by atomic mass is 10.00. The highest BCUT2D eigenvalue weighted by molar-refractivity contribution is 5.77. The van der Waals surface area contributed by atoms with E-state index in [0.29, 0.717) is 6.42 Å². The molecule has 1 unspecified atom stereocenters. The molecule has 5 nitrogen and oxygen atoms in total. The fourth-order valence-corrected chi connectivity index (χ4v) is 3.83. The van der Waals surface area contributed by atoms with Crippen LogP contribution in [0.25, 0.3) is 0 Å². The van der Waals surface area contributed by atoms with E-state index >= 15 is 0 Å². The Bertz CT molecular complexity index is 763. The molecule has 2 heterocycles. The van der Waals surface area contributed by atoms with Crippen molar-refractivity contribution in [1.29, 1.82) is 0 Å². The molecular weight excluding hydrogens is 324 g/mol. The fraction of sp³-hybridized carbons (Fsp3) is 0.524. The summed E-state index contributed by atoms with van der Waals surface area (Å²) in [5, 5.41) is 7.90. The van der Waals surface area contributed by atoms with Crippen LogP contribution in [0.2, 0.25) is 0 Å². The third-order valence-electron chi connectivity index (χ3n) is 5.58. The third kappa shape index (κ3) is 3.83. The summed E-state index contributed by atoms with van der Waals surface area (Å²) in [6.45, 7) is 8.71. The molecule has 1 fully saturated rings. The predicted octanol–water partition coefficient (Wildman–Crippen LogP) is 2.71. The molecule has 0 saturated carbocycles. The van der Waals surface area contributed by atoms with E-state index in [4.69, 9.17) is 0 Å². The van der Waals surface area contributed by atoms with Crippen LogP contribution in [0.15, 0.2) is 24.3 Å². The van der Waals surface area contributed by atoms with Gasteiger partial charge in [-0.15, -0.1) is 0 Å². The topological polar surface area (TPSA) is 50.2 Å². The van der Waals surface area contributed by atoms with E-state index in [1.165, 1.54) is 16.7 Å². The zero-order valence-electron chi connectivity index (χ0n) is 16.4. The van der Waals surface area contributed by atoms with Crippen molar-refractivity contribution in [3.63, 3.8) is 0 Å². The van der Waals surface area contributed by atoms with Crippen LogP contribution in [0.5, 0.6) is 0 Å². The molecule has 1 aromatic heterocycles. The van der Waals surface area contributed by atoms with Crippen molar-refractivity contribution in [2.75, 3.05) is 19.6 Å². The Kier molecular flexibility index (Phi) is 5.77. The van der Waals surface area contributed by atoms with Gasteiger partial charge in [0.25, 0.3) is 0 Å². The van der Waals surface area contributed by atoms with Crippen LogP contribution in [-0.2, 0) is 24.7 Å². The Labute approximate surface area is 156 Å². The summed E-state index contributed by atoms with van der Waals surface area (Å²) in [5.41, 5.74) is 5.95.